The van der Waals surface area contributed by atoms with Gasteiger partial charge >= 0.3 is 0 Å². The Bertz CT molecular complexity index is 469. The molecule has 1 atom stereocenters. The van der Waals surface area contributed by atoms with E-state index in [0.717, 1.165) is 31.7 Å². The molecule has 2 rings (SSSR count). The third kappa shape index (κ3) is 4.67. The fourth-order valence-corrected chi connectivity index (χ4v) is 2.32. The molecule has 1 aliphatic rings. The first-order valence-electron chi connectivity index (χ1n) is 6.17. The van der Waals surface area contributed by atoms with Crippen LogP contribution in [0.15, 0.2) is 24.3 Å². The summed E-state index contributed by atoms with van der Waals surface area (Å²) in [5, 5.41) is 21.1. The number of benzene rings is 1. The van der Waals surface area contributed by atoms with Crippen LogP contribution in [0, 0.1) is 22.7 Å². The Balaban J connectivity index is 0.00000180. The van der Waals surface area contributed by atoms with Gasteiger partial charge in [0.2, 0.25) is 0 Å². The van der Waals surface area contributed by atoms with Crippen molar-refractivity contribution >= 4 is 24.8 Å². The summed E-state index contributed by atoms with van der Waals surface area (Å²) in [6.07, 6.45) is 0.492. The maximum Gasteiger partial charge on any atom is 0.0991 e. The summed E-state index contributed by atoms with van der Waals surface area (Å²) < 4.78 is 0. The lowest BCUT2D eigenvalue weighted by Crippen LogP contribution is -2.45. The highest BCUT2D eigenvalue weighted by atomic mass is 35.5. The van der Waals surface area contributed by atoms with E-state index in [-0.39, 0.29) is 30.9 Å². The van der Waals surface area contributed by atoms with E-state index in [1.807, 2.05) is 24.3 Å². The molecule has 0 radical (unpaired) electrons. The highest BCUT2D eigenvalue weighted by Gasteiger charge is 2.21. The lowest BCUT2D eigenvalue weighted by atomic mass is 10.0. The van der Waals surface area contributed by atoms with Gasteiger partial charge in [-0.2, -0.15) is 10.5 Å². The first-order valence-corrected chi connectivity index (χ1v) is 6.17. The zero-order valence-electron chi connectivity index (χ0n) is 11.1. The van der Waals surface area contributed by atoms with Crippen LogP contribution in [-0.4, -0.2) is 31.1 Å². The molecular weight excluding hydrogens is 295 g/mol. The standard InChI is InChI=1S/C14H16N4.2ClH/c15-6-5-14(18-9-7-17-8-10-18)13-3-1-12(11-16)2-4-13;;/h1-4,14,17H,5,7-10H2;2*1H/t14-;;/m0../s1. The Labute approximate surface area is 132 Å². The van der Waals surface area contributed by atoms with E-state index in [4.69, 9.17) is 10.5 Å². The smallest absolute Gasteiger partial charge is 0.0991 e. The van der Waals surface area contributed by atoms with Gasteiger partial charge in [-0.1, -0.05) is 12.1 Å². The molecule has 1 N–H and O–H groups in total. The largest absolute Gasteiger partial charge is 0.314 e. The van der Waals surface area contributed by atoms with Crippen LogP contribution in [0.5, 0.6) is 0 Å². The van der Waals surface area contributed by atoms with Crippen LogP contribution in [0.25, 0.3) is 0 Å². The number of hydrogen-bond acceptors (Lipinski definition) is 4. The van der Waals surface area contributed by atoms with Crippen LogP contribution in [0.2, 0.25) is 0 Å². The van der Waals surface area contributed by atoms with Crippen LogP contribution < -0.4 is 5.32 Å². The van der Waals surface area contributed by atoms with Crippen molar-refractivity contribution in [2.45, 2.75) is 12.5 Å². The first kappa shape index (κ1) is 18.7. The maximum absolute atomic E-state index is 8.98. The van der Waals surface area contributed by atoms with Crippen molar-refractivity contribution < 1.29 is 0 Å². The molecule has 108 valence electrons. The summed E-state index contributed by atoms with van der Waals surface area (Å²) in [4.78, 5) is 2.33. The van der Waals surface area contributed by atoms with E-state index in [1.165, 1.54) is 0 Å². The second-order valence-corrected chi connectivity index (χ2v) is 4.40. The van der Waals surface area contributed by atoms with Gasteiger partial charge in [0.05, 0.1) is 24.1 Å². The number of nitrogens with one attached hydrogen (secondary N) is 1. The highest BCUT2D eigenvalue weighted by molar-refractivity contribution is 5.85. The SMILES string of the molecule is Cl.Cl.N#CC[C@@H](c1ccc(C#N)cc1)N1CCNCC1. The lowest BCUT2D eigenvalue weighted by molar-refractivity contribution is 0.175. The second kappa shape index (κ2) is 9.58. The van der Waals surface area contributed by atoms with Crippen molar-refractivity contribution in [1.29, 1.82) is 10.5 Å². The average Bonchev–Trinajstić information content (AvgIpc) is 2.46. The molecule has 0 aromatic heterocycles. The molecule has 1 heterocycles. The van der Waals surface area contributed by atoms with Gasteiger partial charge in [-0.05, 0) is 17.7 Å². The number of rotatable bonds is 3. The predicted molar refractivity (Wildman–Crippen MR) is 83.1 cm³/mol. The molecule has 1 aromatic carbocycles. The molecule has 0 spiro atoms. The molecule has 0 amide bonds. The number of nitriles is 2. The second-order valence-electron chi connectivity index (χ2n) is 4.40. The van der Waals surface area contributed by atoms with Crippen LogP contribution in [-0.2, 0) is 0 Å². The van der Waals surface area contributed by atoms with Gasteiger partial charge in [0, 0.05) is 32.2 Å². The Morgan fingerprint density at radius 2 is 1.70 bits per heavy atom. The van der Waals surface area contributed by atoms with Gasteiger partial charge in [0.15, 0.2) is 0 Å². The summed E-state index contributed by atoms with van der Waals surface area (Å²) >= 11 is 0. The zero-order chi connectivity index (χ0) is 12.8. The Hall–Kier alpha value is -1.30. The minimum Gasteiger partial charge on any atom is -0.314 e. The zero-order valence-corrected chi connectivity index (χ0v) is 12.7. The fourth-order valence-electron chi connectivity index (χ4n) is 2.32. The summed E-state index contributed by atoms with van der Waals surface area (Å²) in [6, 6.07) is 12.1. The van der Waals surface area contributed by atoms with E-state index >= 15 is 0 Å². The molecular formula is C14H18Cl2N4. The molecule has 1 aromatic rings. The van der Waals surface area contributed by atoms with E-state index in [0.29, 0.717) is 12.0 Å². The van der Waals surface area contributed by atoms with Gasteiger partial charge in [-0.3, -0.25) is 4.90 Å². The molecule has 0 aliphatic carbocycles. The van der Waals surface area contributed by atoms with E-state index in [1.54, 1.807) is 0 Å². The van der Waals surface area contributed by atoms with Crippen LogP contribution >= 0.6 is 24.8 Å². The number of nitrogens with zero attached hydrogens (tertiary/aromatic N) is 3. The van der Waals surface area contributed by atoms with E-state index in [2.05, 4.69) is 22.4 Å². The normalized spacial score (nSPS) is 15.9. The third-order valence-corrected chi connectivity index (χ3v) is 3.30. The Morgan fingerprint density at radius 1 is 1.10 bits per heavy atom. The van der Waals surface area contributed by atoms with Gasteiger partial charge in [-0.15, -0.1) is 24.8 Å². The topological polar surface area (TPSA) is 62.9 Å². The molecule has 6 heteroatoms. The minimum atomic E-state index is 0. The average molecular weight is 313 g/mol. The Morgan fingerprint density at radius 3 is 2.20 bits per heavy atom. The van der Waals surface area contributed by atoms with Gasteiger partial charge in [0.25, 0.3) is 0 Å². The molecule has 0 saturated carbocycles. The molecule has 4 nitrogen and oxygen atoms in total. The summed E-state index contributed by atoms with van der Waals surface area (Å²) in [5.74, 6) is 0. The molecule has 1 aliphatic heterocycles. The summed E-state index contributed by atoms with van der Waals surface area (Å²) in [5.41, 5.74) is 1.78. The number of piperazine rings is 1. The number of hydrogen-bond donors (Lipinski definition) is 1. The molecule has 1 fully saturated rings. The van der Waals surface area contributed by atoms with Crippen LogP contribution in [0.3, 0.4) is 0 Å². The summed E-state index contributed by atoms with van der Waals surface area (Å²) in [7, 11) is 0. The van der Waals surface area contributed by atoms with Crippen molar-refractivity contribution in [2.24, 2.45) is 0 Å². The molecule has 0 bridgehead atoms. The number of halogens is 2. The van der Waals surface area contributed by atoms with Gasteiger partial charge in [-0.25, -0.2) is 0 Å². The van der Waals surface area contributed by atoms with Crippen LogP contribution in [0.4, 0.5) is 0 Å². The van der Waals surface area contributed by atoms with Crippen molar-refractivity contribution in [1.82, 2.24) is 10.2 Å². The predicted octanol–water partition coefficient (Wildman–Crippen LogP) is 2.26. The highest BCUT2D eigenvalue weighted by Crippen LogP contribution is 2.24. The fraction of sp³-hybridized carbons (Fsp3) is 0.429. The first-order chi connectivity index (χ1) is 8.85. The lowest BCUT2D eigenvalue weighted by Gasteiger charge is -2.34. The van der Waals surface area contributed by atoms with Crippen molar-refractivity contribution in [3.05, 3.63) is 35.4 Å². The van der Waals surface area contributed by atoms with Gasteiger partial charge < -0.3 is 5.32 Å². The quantitative estimate of drug-likeness (QED) is 0.930. The minimum absolute atomic E-state index is 0. The Kier molecular flexibility index (Phi) is 8.96. The van der Waals surface area contributed by atoms with Crippen molar-refractivity contribution in [2.75, 3.05) is 26.2 Å². The maximum atomic E-state index is 8.98. The van der Waals surface area contributed by atoms with Gasteiger partial charge in [0.1, 0.15) is 0 Å². The monoisotopic (exact) mass is 312 g/mol. The van der Waals surface area contributed by atoms with E-state index < -0.39 is 0 Å². The molecule has 20 heavy (non-hydrogen) atoms. The molecule has 1 saturated heterocycles. The van der Waals surface area contributed by atoms with Crippen LogP contribution in [0.1, 0.15) is 23.6 Å². The van der Waals surface area contributed by atoms with E-state index in [9.17, 15) is 0 Å². The molecule has 0 unspecified atom stereocenters. The van der Waals surface area contributed by atoms with Crippen molar-refractivity contribution in [3.8, 4) is 12.1 Å². The summed E-state index contributed by atoms with van der Waals surface area (Å²) in [6.45, 7) is 3.87. The third-order valence-electron chi connectivity index (χ3n) is 3.30. The van der Waals surface area contributed by atoms with Crippen molar-refractivity contribution in [3.63, 3.8) is 0 Å².